The zero-order valence-corrected chi connectivity index (χ0v) is 13.4. The fourth-order valence-electron chi connectivity index (χ4n) is 2.53. The molecule has 110 valence electrons. The molecule has 1 aromatic heterocycles. The maximum Gasteiger partial charge on any atom is 0.0843 e. The highest BCUT2D eigenvalue weighted by atomic mass is 35.5. The molecule has 2 rings (SSSR count). The maximum atomic E-state index is 5.83. The number of hydrogen-bond acceptors (Lipinski definition) is 2. The Morgan fingerprint density at radius 1 is 1.30 bits per heavy atom. The van der Waals surface area contributed by atoms with Crippen LogP contribution in [0.4, 0.5) is 0 Å². The first kappa shape index (κ1) is 15.3. The number of fused-ring (bicyclic) bond motifs is 1. The Morgan fingerprint density at radius 2 is 2.05 bits per heavy atom. The summed E-state index contributed by atoms with van der Waals surface area (Å²) >= 11 is 5.83. The number of rotatable bonds is 7. The van der Waals surface area contributed by atoms with Crippen molar-refractivity contribution in [3.8, 4) is 0 Å². The molecule has 20 heavy (non-hydrogen) atoms. The molecule has 0 bridgehead atoms. The van der Waals surface area contributed by atoms with E-state index in [1.54, 1.807) is 0 Å². The lowest BCUT2D eigenvalue weighted by molar-refractivity contribution is 0.211. The van der Waals surface area contributed by atoms with Crippen LogP contribution >= 0.6 is 11.6 Å². The van der Waals surface area contributed by atoms with Gasteiger partial charge in [0.1, 0.15) is 0 Å². The third-order valence-electron chi connectivity index (χ3n) is 3.70. The van der Waals surface area contributed by atoms with Gasteiger partial charge in [-0.25, -0.2) is 0 Å². The molecule has 0 saturated heterocycles. The van der Waals surface area contributed by atoms with Gasteiger partial charge in [0.15, 0.2) is 0 Å². The van der Waals surface area contributed by atoms with Gasteiger partial charge in [-0.2, -0.15) is 5.10 Å². The molecule has 0 amide bonds. The highest BCUT2D eigenvalue weighted by Gasteiger charge is 2.15. The Balaban J connectivity index is 2.27. The average molecular weight is 294 g/mol. The number of nitrogens with zero attached hydrogens (tertiary/aromatic N) is 3. The average Bonchev–Trinajstić information content (AvgIpc) is 2.81. The summed E-state index contributed by atoms with van der Waals surface area (Å²) in [5.41, 5.74) is 2.40. The first-order valence-electron chi connectivity index (χ1n) is 7.41. The number of aromatic nitrogens is 2. The summed E-state index contributed by atoms with van der Waals surface area (Å²) in [6, 6.07) is 8.99. The minimum Gasteiger partial charge on any atom is -0.295 e. The molecule has 0 unspecified atom stereocenters. The zero-order chi connectivity index (χ0) is 14.5. The minimum absolute atomic E-state index is 0.503. The van der Waals surface area contributed by atoms with Crippen LogP contribution < -0.4 is 0 Å². The summed E-state index contributed by atoms with van der Waals surface area (Å²) in [6.45, 7) is 9.41. The third-order valence-corrected chi connectivity index (χ3v) is 3.96. The lowest BCUT2D eigenvalue weighted by Crippen LogP contribution is -2.31. The van der Waals surface area contributed by atoms with Gasteiger partial charge in [0.2, 0.25) is 0 Å². The molecule has 4 heteroatoms. The summed E-state index contributed by atoms with van der Waals surface area (Å²) in [4.78, 5) is 2.44. The van der Waals surface area contributed by atoms with Crippen LogP contribution in [0.3, 0.4) is 0 Å². The highest BCUT2D eigenvalue weighted by Crippen LogP contribution is 2.20. The molecule has 0 spiro atoms. The van der Waals surface area contributed by atoms with Gasteiger partial charge in [0.05, 0.1) is 11.2 Å². The molecule has 0 N–H and O–H groups in total. The fourth-order valence-corrected chi connectivity index (χ4v) is 2.65. The number of benzene rings is 1. The molecule has 0 saturated carbocycles. The SMILES string of the molecule is CCn1nc(CN(CCCCl)C(C)C)c2ccccc21. The Morgan fingerprint density at radius 3 is 2.70 bits per heavy atom. The summed E-state index contributed by atoms with van der Waals surface area (Å²) in [5.74, 6) is 0.716. The van der Waals surface area contributed by atoms with Crippen molar-refractivity contribution in [1.29, 1.82) is 0 Å². The van der Waals surface area contributed by atoms with E-state index in [1.165, 1.54) is 16.6 Å². The summed E-state index contributed by atoms with van der Waals surface area (Å²) in [6.07, 6.45) is 1.02. The van der Waals surface area contributed by atoms with Crippen molar-refractivity contribution in [2.24, 2.45) is 0 Å². The molecule has 0 aliphatic rings. The molecule has 1 heterocycles. The zero-order valence-electron chi connectivity index (χ0n) is 12.6. The normalized spacial score (nSPS) is 11.9. The fraction of sp³-hybridized carbons (Fsp3) is 0.562. The smallest absolute Gasteiger partial charge is 0.0843 e. The van der Waals surface area contributed by atoms with Gasteiger partial charge in [-0.1, -0.05) is 18.2 Å². The van der Waals surface area contributed by atoms with Crippen molar-refractivity contribution < 1.29 is 0 Å². The summed E-state index contributed by atoms with van der Waals surface area (Å²) in [5, 5.41) is 6.05. The van der Waals surface area contributed by atoms with Gasteiger partial charge in [-0.15, -0.1) is 11.6 Å². The van der Waals surface area contributed by atoms with Gasteiger partial charge in [-0.05, 0) is 39.8 Å². The first-order chi connectivity index (χ1) is 9.67. The predicted octanol–water partition coefficient (Wildman–Crippen LogP) is 3.90. The van der Waals surface area contributed by atoms with Crippen molar-refractivity contribution in [2.75, 3.05) is 12.4 Å². The Labute approximate surface area is 126 Å². The van der Waals surface area contributed by atoms with E-state index in [9.17, 15) is 0 Å². The molecular weight excluding hydrogens is 270 g/mol. The lowest BCUT2D eigenvalue weighted by Gasteiger charge is -2.25. The van der Waals surface area contributed by atoms with Gasteiger partial charge < -0.3 is 0 Å². The molecule has 0 fully saturated rings. The van der Waals surface area contributed by atoms with E-state index in [4.69, 9.17) is 16.7 Å². The van der Waals surface area contributed by atoms with Crippen LogP contribution in [0.1, 0.15) is 32.9 Å². The molecule has 0 aliphatic heterocycles. The van der Waals surface area contributed by atoms with E-state index in [1.807, 2.05) is 0 Å². The van der Waals surface area contributed by atoms with Gasteiger partial charge in [-0.3, -0.25) is 9.58 Å². The minimum atomic E-state index is 0.503. The van der Waals surface area contributed by atoms with Crippen LogP contribution in [0.2, 0.25) is 0 Å². The van der Waals surface area contributed by atoms with E-state index in [-0.39, 0.29) is 0 Å². The molecule has 0 radical (unpaired) electrons. The Bertz CT molecular complexity index is 548. The molecule has 1 aromatic carbocycles. The van der Waals surface area contributed by atoms with Crippen LogP contribution in [0, 0.1) is 0 Å². The second kappa shape index (κ2) is 7.09. The van der Waals surface area contributed by atoms with E-state index >= 15 is 0 Å². The van der Waals surface area contributed by atoms with Crippen LogP contribution in [-0.4, -0.2) is 33.1 Å². The quantitative estimate of drug-likeness (QED) is 0.722. The number of halogens is 1. The first-order valence-corrected chi connectivity index (χ1v) is 7.95. The van der Waals surface area contributed by atoms with Gasteiger partial charge in [0.25, 0.3) is 0 Å². The van der Waals surface area contributed by atoms with E-state index in [0.717, 1.165) is 26.1 Å². The maximum absolute atomic E-state index is 5.83. The largest absolute Gasteiger partial charge is 0.295 e. The van der Waals surface area contributed by atoms with Crippen molar-refractivity contribution in [3.63, 3.8) is 0 Å². The van der Waals surface area contributed by atoms with E-state index in [0.29, 0.717) is 11.9 Å². The van der Waals surface area contributed by atoms with E-state index < -0.39 is 0 Å². The number of aryl methyl sites for hydroxylation is 1. The number of alkyl halides is 1. The third kappa shape index (κ3) is 3.33. The molecule has 2 aromatic rings. The van der Waals surface area contributed by atoms with Crippen LogP contribution in [0.25, 0.3) is 10.9 Å². The molecule has 0 aliphatic carbocycles. The van der Waals surface area contributed by atoms with Crippen LogP contribution in [-0.2, 0) is 13.1 Å². The lowest BCUT2D eigenvalue weighted by atomic mass is 10.2. The Kier molecular flexibility index (Phi) is 5.44. The highest BCUT2D eigenvalue weighted by molar-refractivity contribution is 6.17. The molecular formula is C16H24ClN3. The van der Waals surface area contributed by atoms with Crippen molar-refractivity contribution in [3.05, 3.63) is 30.0 Å². The summed E-state index contributed by atoms with van der Waals surface area (Å²) in [7, 11) is 0. The van der Waals surface area contributed by atoms with Crippen LogP contribution in [0.5, 0.6) is 0 Å². The van der Waals surface area contributed by atoms with Crippen LogP contribution in [0.15, 0.2) is 24.3 Å². The summed E-state index contributed by atoms with van der Waals surface area (Å²) < 4.78 is 2.09. The topological polar surface area (TPSA) is 21.1 Å². The molecule has 3 nitrogen and oxygen atoms in total. The molecule has 0 atom stereocenters. The second-order valence-electron chi connectivity index (χ2n) is 5.39. The predicted molar refractivity (Wildman–Crippen MR) is 86.3 cm³/mol. The van der Waals surface area contributed by atoms with E-state index in [2.05, 4.69) is 54.6 Å². The monoisotopic (exact) mass is 293 g/mol. The van der Waals surface area contributed by atoms with Gasteiger partial charge in [0, 0.05) is 30.4 Å². The number of hydrogen-bond donors (Lipinski definition) is 0. The van der Waals surface area contributed by atoms with Gasteiger partial charge >= 0.3 is 0 Å². The van der Waals surface area contributed by atoms with Crippen molar-refractivity contribution in [2.45, 2.75) is 46.3 Å². The standard InChI is InChI=1S/C16H24ClN3/c1-4-20-16-9-6-5-8-14(16)15(18-20)12-19(13(2)3)11-7-10-17/h5-6,8-9,13H,4,7,10-12H2,1-3H3. The van der Waals surface area contributed by atoms with Crippen molar-refractivity contribution in [1.82, 2.24) is 14.7 Å². The van der Waals surface area contributed by atoms with Crippen molar-refractivity contribution >= 4 is 22.5 Å². The Hall–Kier alpha value is -1.06. The number of para-hydroxylation sites is 1. The second-order valence-corrected chi connectivity index (χ2v) is 5.76.